The number of pyridine rings is 1. The van der Waals surface area contributed by atoms with Gasteiger partial charge < -0.3 is 18.9 Å². The molecule has 0 N–H and O–H groups in total. The Morgan fingerprint density at radius 3 is 2.53 bits per heavy atom. The topological polar surface area (TPSA) is 86.5 Å². The summed E-state index contributed by atoms with van der Waals surface area (Å²) in [6.07, 6.45) is 3.25. The molecule has 0 spiro atoms. The summed E-state index contributed by atoms with van der Waals surface area (Å²) < 4.78 is 38.9. The molecule has 1 aromatic carbocycles. The number of carbonyl (C=O) groups is 1. The third kappa shape index (κ3) is 6.16. The molecule has 2 aromatic heterocycles. The van der Waals surface area contributed by atoms with E-state index in [2.05, 4.69) is 30.6 Å². The molecule has 0 unspecified atom stereocenters. The first-order chi connectivity index (χ1) is 16.2. The molecule has 0 saturated carbocycles. The van der Waals surface area contributed by atoms with Crippen LogP contribution in [0.4, 0.5) is 13.6 Å². The molecule has 0 saturated heterocycles. The number of aromatic nitrogens is 3. The monoisotopic (exact) mass is 536 g/mol. The number of carbonyl (C=O) groups excluding carboxylic acids is 1. The van der Waals surface area contributed by atoms with Crippen molar-refractivity contribution >= 4 is 22.0 Å². The maximum absolute atomic E-state index is 13.9. The van der Waals surface area contributed by atoms with Crippen LogP contribution < -0.4 is 10.3 Å². The average Bonchev–Trinajstić information content (AvgIpc) is 2.82. The van der Waals surface area contributed by atoms with E-state index in [-0.39, 0.29) is 34.5 Å². The zero-order valence-corrected chi connectivity index (χ0v) is 20.4. The smallest absolute Gasteiger partial charge is 0.409 e. The van der Waals surface area contributed by atoms with Gasteiger partial charge in [-0.25, -0.2) is 13.6 Å². The summed E-state index contributed by atoms with van der Waals surface area (Å²) in [4.78, 5) is 34.5. The Kier molecular flexibility index (Phi) is 8.32. The van der Waals surface area contributed by atoms with E-state index >= 15 is 0 Å². The van der Waals surface area contributed by atoms with Crippen LogP contribution in [0.3, 0.4) is 0 Å². The summed E-state index contributed by atoms with van der Waals surface area (Å²) in [5.74, 6) is -1.15. The summed E-state index contributed by atoms with van der Waals surface area (Å²) in [5, 5.41) is 0. The second kappa shape index (κ2) is 11.2. The average molecular weight is 537 g/mol. The van der Waals surface area contributed by atoms with Gasteiger partial charge >= 0.3 is 6.09 Å². The van der Waals surface area contributed by atoms with Crippen molar-refractivity contribution in [2.45, 2.75) is 26.5 Å². The molecule has 0 atom stereocenters. The van der Waals surface area contributed by atoms with Crippen LogP contribution in [-0.4, -0.2) is 46.2 Å². The third-order valence-electron chi connectivity index (χ3n) is 5.08. The van der Waals surface area contributed by atoms with Crippen molar-refractivity contribution < 1.29 is 23.0 Å². The zero-order valence-electron chi connectivity index (χ0n) is 18.8. The molecule has 11 heteroatoms. The van der Waals surface area contributed by atoms with Gasteiger partial charge in [-0.15, -0.1) is 0 Å². The number of amides is 1. The van der Waals surface area contributed by atoms with Crippen molar-refractivity contribution in [3.63, 3.8) is 0 Å². The first kappa shape index (κ1) is 25.3. The number of aryl methyl sites for hydroxylation is 1. The van der Waals surface area contributed by atoms with E-state index in [0.29, 0.717) is 30.0 Å². The highest BCUT2D eigenvalue weighted by atomic mass is 79.9. The molecule has 2 heterocycles. The highest BCUT2D eigenvalue weighted by Crippen LogP contribution is 2.24. The lowest BCUT2D eigenvalue weighted by molar-refractivity contribution is 0.133. The van der Waals surface area contributed by atoms with Crippen LogP contribution in [0.15, 0.2) is 45.9 Å². The van der Waals surface area contributed by atoms with Gasteiger partial charge in [0.1, 0.15) is 28.5 Å². The van der Waals surface area contributed by atoms with E-state index in [1.807, 2.05) is 0 Å². The summed E-state index contributed by atoms with van der Waals surface area (Å²) in [6, 6.07) is 4.87. The molecule has 3 rings (SSSR count). The molecule has 0 aliphatic carbocycles. The number of halogens is 3. The van der Waals surface area contributed by atoms with Crippen LogP contribution in [0.2, 0.25) is 0 Å². The van der Waals surface area contributed by atoms with E-state index in [9.17, 15) is 18.4 Å². The molecular weight excluding hydrogens is 514 g/mol. The van der Waals surface area contributed by atoms with Gasteiger partial charge in [-0.3, -0.25) is 14.8 Å². The highest BCUT2D eigenvalue weighted by Gasteiger charge is 2.15. The standard InChI is InChI=1S/C23H23BrF2N4O4/c1-14-8-20(34-13-15-4-5-16(25)9-19(15)26)21(24)22(31)30(14)12-18-11-27-17(10-28-18)6-7-29(2)23(32)33-3/h4-5,8-11H,6-7,12-13H2,1-3H3. The normalized spacial score (nSPS) is 10.8. The Morgan fingerprint density at radius 2 is 1.88 bits per heavy atom. The first-order valence-electron chi connectivity index (χ1n) is 10.2. The number of hydrogen-bond donors (Lipinski definition) is 0. The van der Waals surface area contributed by atoms with Gasteiger partial charge in [0.05, 0.1) is 31.2 Å². The SMILES string of the molecule is COC(=O)N(C)CCc1cnc(Cn2c(C)cc(OCc3ccc(F)cc3F)c(Br)c2=O)cn1. The molecule has 0 bridgehead atoms. The predicted molar refractivity (Wildman–Crippen MR) is 124 cm³/mol. The minimum absolute atomic E-state index is 0.161. The summed E-state index contributed by atoms with van der Waals surface area (Å²) in [6.45, 7) is 2.19. The van der Waals surface area contributed by atoms with Crippen LogP contribution >= 0.6 is 15.9 Å². The Morgan fingerprint density at radius 1 is 1.18 bits per heavy atom. The minimum atomic E-state index is -0.722. The van der Waals surface area contributed by atoms with Crippen molar-refractivity contribution in [1.82, 2.24) is 19.4 Å². The first-order valence-corrected chi connectivity index (χ1v) is 11.0. The van der Waals surface area contributed by atoms with E-state index in [0.717, 1.165) is 12.1 Å². The summed E-state index contributed by atoms with van der Waals surface area (Å²) >= 11 is 3.25. The fourth-order valence-corrected chi connectivity index (χ4v) is 3.54. The maximum atomic E-state index is 13.9. The lowest BCUT2D eigenvalue weighted by Gasteiger charge is -2.15. The van der Waals surface area contributed by atoms with Crippen LogP contribution in [0, 0.1) is 18.6 Å². The van der Waals surface area contributed by atoms with Crippen LogP contribution in [0.25, 0.3) is 0 Å². The Balaban J connectivity index is 1.69. The summed E-state index contributed by atoms with van der Waals surface area (Å²) in [7, 11) is 2.95. The maximum Gasteiger partial charge on any atom is 0.409 e. The number of hydrogen-bond acceptors (Lipinski definition) is 6. The van der Waals surface area contributed by atoms with Crippen molar-refractivity contribution in [2.24, 2.45) is 0 Å². The van der Waals surface area contributed by atoms with Crippen molar-refractivity contribution in [2.75, 3.05) is 20.7 Å². The molecule has 1 amide bonds. The Labute approximate surface area is 203 Å². The number of likely N-dealkylation sites (N-methyl/N-ethyl adjacent to an activating group) is 1. The molecule has 0 radical (unpaired) electrons. The number of benzene rings is 1. The molecule has 8 nitrogen and oxygen atoms in total. The van der Waals surface area contributed by atoms with E-state index in [1.165, 1.54) is 22.6 Å². The fourth-order valence-electron chi connectivity index (χ4n) is 3.09. The Hall–Kier alpha value is -3.34. The highest BCUT2D eigenvalue weighted by molar-refractivity contribution is 9.10. The second-order valence-electron chi connectivity index (χ2n) is 7.52. The van der Waals surface area contributed by atoms with Crippen molar-refractivity contribution in [3.05, 3.63) is 85.8 Å². The van der Waals surface area contributed by atoms with Crippen LogP contribution in [0.1, 0.15) is 22.6 Å². The Bertz CT molecular complexity index is 1230. The van der Waals surface area contributed by atoms with Crippen molar-refractivity contribution in [1.29, 1.82) is 0 Å². The fraction of sp³-hybridized carbons (Fsp3) is 0.304. The summed E-state index contributed by atoms with van der Waals surface area (Å²) in [5.41, 5.74) is 1.70. The minimum Gasteiger partial charge on any atom is -0.487 e. The van der Waals surface area contributed by atoms with Gasteiger partial charge in [-0.05, 0) is 35.0 Å². The molecule has 0 aliphatic heterocycles. The number of methoxy groups -OCH3 is 1. The molecule has 0 aliphatic rings. The van der Waals surface area contributed by atoms with E-state index in [4.69, 9.17) is 4.74 Å². The van der Waals surface area contributed by atoms with Crippen LogP contribution in [0.5, 0.6) is 5.75 Å². The van der Waals surface area contributed by atoms with Gasteiger partial charge in [0.2, 0.25) is 0 Å². The zero-order chi connectivity index (χ0) is 24.8. The molecular formula is C23H23BrF2N4O4. The van der Waals surface area contributed by atoms with Gasteiger partial charge in [0.25, 0.3) is 5.56 Å². The van der Waals surface area contributed by atoms with E-state index < -0.39 is 17.7 Å². The van der Waals surface area contributed by atoms with E-state index in [1.54, 1.807) is 32.4 Å². The lowest BCUT2D eigenvalue weighted by Crippen LogP contribution is -2.28. The largest absolute Gasteiger partial charge is 0.487 e. The quantitative estimate of drug-likeness (QED) is 0.434. The van der Waals surface area contributed by atoms with Gasteiger partial charge in [-0.1, -0.05) is 0 Å². The number of nitrogens with zero attached hydrogens (tertiary/aromatic N) is 4. The second-order valence-corrected chi connectivity index (χ2v) is 8.31. The van der Waals surface area contributed by atoms with Crippen LogP contribution in [-0.2, 0) is 24.3 Å². The van der Waals surface area contributed by atoms with Gasteiger partial charge in [0.15, 0.2) is 0 Å². The predicted octanol–water partition coefficient (Wildman–Crippen LogP) is 3.86. The third-order valence-corrected chi connectivity index (χ3v) is 5.81. The lowest BCUT2D eigenvalue weighted by atomic mass is 10.2. The number of ether oxygens (including phenoxy) is 2. The molecule has 0 fully saturated rings. The van der Waals surface area contributed by atoms with Gasteiger partial charge in [0, 0.05) is 49.6 Å². The molecule has 3 aromatic rings. The molecule has 34 heavy (non-hydrogen) atoms. The number of rotatable bonds is 8. The molecule has 180 valence electrons. The van der Waals surface area contributed by atoms with Crippen molar-refractivity contribution in [3.8, 4) is 5.75 Å². The van der Waals surface area contributed by atoms with Gasteiger partial charge in [-0.2, -0.15) is 0 Å².